The van der Waals surface area contributed by atoms with Gasteiger partial charge < -0.3 is 15.4 Å². The highest BCUT2D eigenvalue weighted by Crippen LogP contribution is 2.13. The summed E-state index contributed by atoms with van der Waals surface area (Å²) in [5, 5.41) is 17.5. The number of nitro benzene ring substituents is 1. The Morgan fingerprint density at radius 3 is 2.48 bits per heavy atom. The standard InChI is InChI=1S/C19H31N5O3/c1-4-20-19(21-13-16-5-7-17(8-6-16)24(25)26)22-14-18(15(2)3)23-9-11-27-12-10-23/h5-8,15,18H,4,9-14H2,1-3H3,(H2,20,21,22). The number of nitrogens with one attached hydrogen (secondary N) is 2. The van der Waals surface area contributed by atoms with Crippen molar-refractivity contribution in [1.29, 1.82) is 0 Å². The second-order valence-corrected chi connectivity index (χ2v) is 6.96. The van der Waals surface area contributed by atoms with Gasteiger partial charge in [0.2, 0.25) is 0 Å². The number of hydrogen-bond acceptors (Lipinski definition) is 5. The Morgan fingerprint density at radius 1 is 1.26 bits per heavy atom. The molecule has 1 atom stereocenters. The van der Waals surface area contributed by atoms with E-state index in [-0.39, 0.29) is 5.69 Å². The maximum absolute atomic E-state index is 10.7. The van der Waals surface area contributed by atoms with Gasteiger partial charge >= 0.3 is 0 Å². The van der Waals surface area contributed by atoms with Crippen LogP contribution in [0.15, 0.2) is 29.3 Å². The maximum Gasteiger partial charge on any atom is 0.269 e. The summed E-state index contributed by atoms with van der Waals surface area (Å²) in [6.07, 6.45) is 0. The molecule has 8 heteroatoms. The number of non-ortho nitro benzene ring substituents is 1. The summed E-state index contributed by atoms with van der Waals surface area (Å²) in [7, 11) is 0. The second-order valence-electron chi connectivity index (χ2n) is 6.96. The van der Waals surface area contributed by atoms with Gasteiger partial charge in [-0.1, -0.05) is 26.0 Å². The molecule has 1 aliphatic rings. The summed E-state index contributed by atoms with van der Waals surface area (Å²) in [5.74, 6) is 1.28. The predicted octanol–water partition coefficient (Wildman–Crippen LogP) is 2.01. The van der Waals surface area contributed by atoms with Crippen molar-refractivity contribution in [3.63, 3.8) is 0 Å². The summed E-state index contributed by atoms with van der Waals surface area (Å²) < 4.78 is 5.46. The van der Waals surface area contributed by atoms with Crippen LogP contribution in [-0.4, -0.2) is 61.2 Å². The minimum atomic E-state index is -0.392. The van der Waals surface area contributed by atoms with E-state index < -0.39 is 4.92 Å². The van der Waals surface area contributed by atoms with Crippen LogP contribution in [0.25, 0.3) is 0 Å². The Balaban J connectivity index is 1.96. The molecule has 1 fully saturated rings. The van der Waals surface area contributed by atoms with Crippen molar-refractivity contribution in [2.24, 2.45) is 10.9 Å². The number of rotatable bonds is 8. The van der Waals surface area contributed by atoms with Crippen LogP contribution in [-0.2, 0) is 11.3 Å². The molecule has 0 bridgehead atoms. The van der Waals surface area contributed by atoms with E-state index in [0.29, 0.717) is 18.5 Å². The number of morpholine rings is 1. The van der Waals surface area contributed by atoms with E-state index in [1.54, 1.807) is 12.1 Å². The smallest absolute Gasteiger partial charge is 0.269 e. The third-order valence-corrected chi connectivity index (χ3v) is 4.67. The fourth-order valence-corrected chi connectivity index (χ4v) is 3.13. The Bertz CT molecular complexity index is 612. The molecule has 150 valence electrons. The molecule has 1 unspecified atom stereocenters. The lowest BCUT2D eigenvalue weighted by molar-refractivity contribution is -0.384. The van der Waals surface area contributed by atoms with E-state index in [1.807, 2.05) is 6.92 Å². The molecule has 0 amide bonds. The second kappa shape index (κ2) is 10.8. The van der Waals surface area contributed by atoms with E-state index in [4.69, 9.17) is 4.74 Å². The summed E-state index contributed by atoms with van der Waals surface area (Å²) in [6, 6.07) is 6.93. The fraction of sp³-hybridized carbons (Fsp3) is 0.632. The van der Waals surface area contributed by atoms with Gasteiger partial charge in [-0.25, -0.2) is 4.99 Å². The number of hydrogen-bond donors (Lipinski definition) is 2. The normalized spacial score (nSPS) is 17.0. The van der Waals surface area contributed by atoms with Gasteiger partial charge in [0.15, 0.2) is 5.96 Å². The molecule has 1 aromatic rings. The monoisotopic (exact) mass is 377 g/mol. The Hall–Kier alpha value is -2.19. The van der Waals surface area contributed by atoms with E-state index in [9.17, 15) is 10.1 Å². The van der Waals surface area contributed by atoms with Crippen molar-refractivity contribution in [3.05, 3.63) is 39.9 Å². The molecule has 1 heterocycles. The Kier molecular flexibility index (Phi) is 8.47. The van der Waals surface area contributed by atoms with Crippen LogP contribution < -0.4 is 10.6 Å². The molecule has 8 nitrogen and oxygen atoms in total. The van der Waals surface area contributed by atoms with Crippen molar-refractivity contribution in [2.75, 3.05) is 39.4 Å². The van der Waals surface area contributed by atoms with Crippen molar-refractivity contribution < 1.29 is 9.66 Å². The molecule has 2 rings (SSSR count). The number of nitrogens with zero attached hydrogens (tertiary/aromatic N) is 3. The van der Waals surface area contributed by atoms with Crippen LogP contribution in [0.1, 0.15) is 26.3 Å². The summed E-state index contributed by atoms with van der Waals surface area (Å²) >= 11 is 0. The highest BCUT2D eigenvalue weighted by atomic mass is 16.6. The van der Waals surface area contributed by atoms with Crippen LogP contribution in [0.2, 0.25) is 0 Å². The van der Waals surface area contributed by atoms with E-state index in [0.717, 1.165) is 50.9 Å². The molecule has 0 saturated carbocycles. The first-order chi connectivity index (χ1) is 13.0. The van der Waals surface area contributed by atoms with Crippen LogP contribution in [0.5, 0.6) is 0 Å². The van der Waals surface area contributed by atoms with Crippen LogP contribution in [0, 0.1) is 16.0 Å². The van der Waals surface area contributed by atoms with E-state index >= 15 is 0 Å². The number of guanidine groups is 1. The maximum atomic E-state index is 10.7. The highest BCUT2D eigenvalue weighted by molar-refractivity contribution is 5.79. The summed E-state index contributed by atoms with van der Waals surface area (Å²) in [6.45, 7) is 12.1. The Morgan fingerprint density at radius 2 is 1.93 bits per heavy atom. The first kappa shape index (κ1) is 21.1. The largest absolute Gasteiger partial charge is 0.379 e. The first-order valence-electron chi connectivity index (χ1n) is 9.58. The van der Waals surface area contributed by atoms with Crippen molar-refractivity contribution >= 4 is 11.6 Å². The fourth-order valence-electron chi connectivity index (χ4n) is 3.13. The summed E-state index contributed by atoms with van der Waals surface area (Å²) in [5.41, 5.74) is 1.03. The molecule has 0 aliphatic carbocycles. The van der Waals surface area contributed by atoms with Gasteiger partial charge in [-0.15, -0.1) is 0 Å². The van der Waals surface area contributed by atoms with Crippen molar-refractivity contribution in [3.8, 4) is 0 Å². The quantitative estimate of drug-likeness (QED) is 0.312. The van der Waals surface area contributed by atoms with Gasteiger partial charge in [-0.3, -0.25) is 15.0 Å². The minimum absolute atomic E-state index is 0.0954. The van der Waals surface area contributed by atoms with Gasteiger partial charge in [0, 0.05) is 44.4 Å². The van der Waals surface area contributed by atoms with E-state index in [2.05, 4.69) is 34.4 Å². The van der Waals surface area contributed by atoms with Gasteiger partial charge in [0.25, 0.3) is 5.69 Å². The van der Waals surface area contributed by atoms with Crippen molar-refractivity contribution in [2.45, 2.75) is 33.4 Å². The molecule has 0 spiro atoms. The molecular weight excluding hydrogens is 346 g/mol. The third-order valence-electron chi connectivity index (χ3n) is 4.67. The van der Waals surface area contributed by atoms with Crippen molar-refractivity contribution in [1.82, 2.24) is 15.5 Å². The number of ether oxygens (including phenoxy) is 1. The Labute approximate surface area is 161 Å². The average molecular weight is 377 g/mol. The lowest BCUT2D eigenvalue weighted by atomic mass is 10.0. The zero-order chi connectivity index (χ0) is 19.6. The van der Waals surface area contributed by atoms with Gasteiger partial charge in [-0.2, -0.15) is 0 Å². The van der Waals surface area contributed by atoms with Gasteiger partial charge in [-0.05, 0) is 18.4 Å². The highest BCUT2D eigenvalue weighted by Gasteiger charge is 2.23. The zero-order valence-corrected chi connectivity index (χ0v) is 16.5. The molecule has 1 aliphatic heterocycles. The number of benzene rings is 1. The predicted molar refractivity (Wildman–Crippen MR) is 107 cm³/mol. The lowest BCUT2D eigenvalue weighted by Crippen LogP contribution is -2.52. The van der Waals surface area contributed by atoms with Crippen LogP contribution in [0.3, 0.4) is 0 Å². The van der Waals surface area contributed by atoms with Gasteiger partial charge in [0.05, 0.1) is 24.7 Å². The molecule has 27 heavy (non-hydrogen) atoms. The molecule has 1 saturated heterocycles. The van der Waals surface area contributed by atoms with Crippen LogP contribution in [0.4, 0.5) is 5.69 Å². The average Bonchev–Trinajstić information content (AvgIpc) is 2.67. The number of aliphatic imine (C=N–C) groups is 1. The van der Waals surface area contributed by atoms with Crippen LogP contribution >= 0.6 is 0 Å². The molecule has 0 aromatic heterocycles. The zero-order valence-electron chi connectivity index (χ0n) is 16.5. The topological polar surface area (TPSA) is 92.0 Å². The third kappa shape index (κ3) is 6.80. The SMILES string of the molecule is CCNC(=NCc1ccc([N+](=O)[O-])cc1)NCC(C(C)C)N1CCOCC1. The van der Waals surface area contributed by atoms with Gasteiger partial charge in [0.1, 0.15) is 0 Å². The minimum Gasteiger partial charge on any atom is -0.379 e. The first-order valence-corrected chi connectivity index (χ1v) is 9.58. The molecule has 2 N–H and O–H groups in total. The van der Waals surface area contributed by atoms with E-state index in [1.165, 1.54) is 12.1 Å². The molecule has 1 aromatic carbocycles. The summed E-state index contributed by atoms with van der Waals surface area (Å²) in [4.78, 5) is 17.4. The lowest BCUT2D eigenvalue weighted by Gasteiger charge is -2.37. The number of nitro groups is 1. The molecular formula is C19H31N5O3. The molecule has 0 radical (unpaired) electrons.